The molecular weight excluding hydrogens is 554 g/mol. The highest BCUT2D eigenvalue weighted by Crippen LogP contribution is 2.27. The number of phenols is 1. The Morgan fingerprint density at radius 3 is 2.30 bits per heavy atom. The lowest BCUT2D eigenvalue weighted by atomic mass is 9.98. The van der Waals surface area contributed by atoms with Gasteiger partial charge in [0.2, 0.25) is 5.91 Å². The number of hydrogen-bond donors (Lipinski definition) is 3. The molecule has 0 aliphatic rings. The number of carbonyl (C=O) groups excluding carboxylic acids is 3. The van der Waals surface area contributed by atoms with E-state index in [1.165, 1.54) is 17.0 Å². The zero-order valence-electron chi connectivity index (χ0n) is 25.5. The monoisotopic (exact) mass is 593 g/mol. The molecule has 0 aromatic heterocycles. The van der Waals surface area contributed by atoms with Crippen molar-refractivity contribution in [1.29, 1.82) is 0 Å². The normalized spacial score (nSPS) is 12.5. The average Bonchev–Trinajstić information content (AvgIpc) is 2.99. The Bertz CT molecular complexity index is 1640. The van der Waals surface area contributed by atoms with Crippen molar-refractivity contribution >= 4 is 40.4 Å². The minimum Gasteiger partial charge on any atom is -0.508 e. The molecule has 0 heterocycles. The van der Waals surface area contributed by atoms with Gasteiger partial charge in [0.15, 0.2) is 0 Å². The molecule has 228 valence electrons. The summed E-state index contributed by atoms with van der Waals surface area (Å²) in [5, 5.41) is 17.5. The number of rotatable bonds is 10. The highest BCUT2D eigenvalue weighted by Gasteiger charge is 2.36. The fourth-order valence-electron chi connectivity index (χ4n) is 4.99. The van der Waals surface area contributed by atoms with Crippen LogP contribution in [0.3, 0.4) is 0 Å². The highest BCUT2D eigenvalue weighted by atomic mass is 16.6. The van der Waals surface area contributed by atoms with Gasteiger partial charge in [0.1, 0.15) is 23.4 Å². The molecule has 4 rings (SSSR count). The SMILES string of the molecule is C=Cc1cccc(C(C(=O)Nc2ccc3ccccc3c2)N(CC)C(=O)C(Cc2ccc(O)cc2)NC(=O)OC(C)(C)C)c1. The van der Waals surface area contributed by atoms with Gasteiger partial charge in [-0.3, -0.25) is 9.59 Å². The standard InChI is InChI=1S/C36H39N3O5/c1-6-24-11-10-14-28(21-24)32(33(41)37-29-18-17-26-12-8-9-13-27(26)23-29)39(7-2)34(42)31(38-35(43)44-36(3,4)5)22-25-15-19-30(40)20-16-25/h6,8-21,23,31-32,40H,1,7,22H2,2-5H3,(H,37,41)(H,38,43). The first kappa shape index (κ1) is 31.8. The Hall–Kier alpha value is -5.11. The highest BCUT2D eigenvalue weighted by molar-refractivity contribution is 6.00. The van der Waals surface area contributed by atoms with Gasteiger partial charge in [-0.15, -0.1) is 0 Å². The molecule has 0 aliphatic carbocycles. The van der Waals surface area contributed by atoms with Crippen molar-refractivity contribution in [1.82, 2.24) is 10.2 Å². The number of phenolic OH excluding ortho intramolecular Hbond substituents is 1. The minimum absolute atomic E-state index is 0.0828. The van der Waals surface area contributed by atoms with Crippen LogP contribution in [0.1, 0.15) is 50.4 Å². The summed E-state index contributed by atoms with van der Waals surface area (Å²) >= 11 is 0. The molecule has 0 spiro atoms. The number of hydrogen-bond acceptors (Lipinski definition) is 5. The lowest BCUT2D eigenvalue weighted by Crippen LogP contribution is -2.53. The van der Waals surface area contributed by atoms with E-state index in [9.17, 15) is 19.5 Å². The molecule has 2 atom stereocenters. The maximum absolute atomic E-state index is 14.4. The molecule has 2 unspecified atom stereocenters. The molecule has 0 saturated carbocycles. The first-order chi connectivity index (χ1) is 21.0. The number of carbonyl (C=O) groups is 3. The van der Waals surface area contributed by atoms with E-state index in [0.29, 0.717) is 16.8 Å². The first-order valence-electron chi connectivity index (χ1n) is 14.6. The van der Waals surface area contributed by atoms with Crippen LogP contribution < -0.4 is 10.6 Å². The number of nitrogens with zero attached hydrogens (tertiary/aromatic N) is 1. The Labute approximate surface area is 258 Å². The van der Waals surface area contributed by atoms with E-state index >= 15 is 0 Å². The molecule has 44 heavy (non-hydrogen) atoms. The quantitative estimate of drug-likeness (QED) is 0.186. The lowest BCUT2D eigenvalue weighted by Gasteiger charge is -2.34. The second-order valence-electron chi connectivity index (χ2n) is 11.5. The van der Waals surface area contributed by atoms with Crippen molar-refractivity contribution in [2.24, 2.45) is 0 Å². The number of likely N-dealkylation sites (N-methyl/N-ethyl adjacent to an activating group) is 1. The number of alkyl carbamates (subject to hydrolysis) is 1. The predicted molar refractivity (Wildman–Crippen MR) is 174 cm³/mol. The Balaban J connectivity index is 1.72. The smallest absolute Gasteiger partial charge is 0.408 e. The second kappa shape index (κ2) is 13.9. The van der Waals surface area contributed by atoms with E-state index < -0.39 is 35.6 Å². The van der Waals surface area contributed by atoms with Crippen LogP contribution in [0.5, 0.6) is 5.75 Å². The number of fused-ring (bicyclic) bond motifs is 1. The largest absolute Gasteiger partial charge is 0.508 e. The molecule has 0 aliphatic heterocycles. The molecule has 0 saturated heterocycles. The van der Waals surface area contributed by atoms with Crippen LogP contribution in [0.4, 0.5) is 10.5 Å². The van der Waals surface area contributed by atoms with E-state index in [-0.39, 0.29) is 18.7 Å². The van der Waals surface area contributed by atoms with Crippen LogP contribution in [-0.4, -0.2) is 46.1 Å². The number of aromatic hydroxyl groups is 1. The Kier molecular flexibility index (Phi) is 10.1. The number of benzene rings is 4. The summed E-state index contributed by atoms with van der Waals surface area (Å²) in [6, 6.07) is 25.1. The number of nitrogens with one attached hydrogen (secondary N) is 2. The van der Waals surface area contributed by atoms with E-state index in [1.807, 2.05) is 60.7 Å². The van der Waals surface area contributed by atoms with Gasteiger partial charge in [-0.1, -0.05) is 73.3 Å². The van der Waals surface area contributed by atoms with E-state index in [2.05, 4.69) is 17.2 Å². The third-order valence-corrected chi connectivity index (χ3v) is 7.03. The van der Waals surface area contributed by atoms with E-state index in [4.69, 9.17) is 4.74 Å². The van der Waals surface area contributed by atoms with Crippen LogP contribution in [0.15, 0.2) is 97.6 Å². The van der Waals surface area contributed by atoms with Crippen molar-refractivity contribution in [2.45, 2.75) is 51.8 Å². The summed E-state index contributed by atoms with van der Waals surface area (Å²) in [5.41, 5.74) is 1.90. The van der Waals surface area contributed by atoms with Gasteiger partial charge in [-0.05, 0) is 85.5 Å². The molecule has 4 aromatic carbocycles. The zero-order valence-corrected chi connectivity index (χ0v) is 25.5. The summed E-state index contributed by atoms with van der Waals surface area (Å²) in [7, 11) is 0. The van der Waals surface area contributed by atoms with Crippen LogP contribution >= 0.6 is 0 Å². The average molecular weight is 594 g/mol. The van der Waals surface area contributed by atoms with Gasteiger partial charge in [-0.25, -0.2) is 4.79 Å². The summed E-state index contributed by atoms with van der Waals surface area (Å²) in [6.45, 7) is 11.0. The second-order valence-corrected chi connectivity index (χ2v) is 11.5. The van der Waals surface area contributed by atoms with Gasteiger partial charge in [-0.2, -0.15) is 0 Å². The van der Waals surface area contributed by atoms with Gasteiger partial charge in [0.25, 0.3) is 5.91 Å². The van der Waals surface area contributed by atoms with Crippen LogP contribution in [-0.2, 0) is 20.7 Å². The molecule has 4 aromatic rings. The Morgan fingerprint density at radius 1 is 0.932 bits per heavy atom. The fraction of sp³-hybridized carbons (Fsp3) is 0.250. The molecule has 3 amide bonds. The van der Waals surface area contributed by atoms with Gasteiger partial charge in [0.05, 0.1) is 0 Å². The van der Waals surface area contributed by atoms with Crippen LogP contribution in [0.25, 0.3) is 16.8 Å². The topological polar surface area (TPSA) is 108 Å². The first-order valence-corrected chi connectivity index (χ1v) is 14.6. The number of amides is 3. The predicted octanol–water partition coefficient (Wildman–Crippen LogP) is 6.85. The Morgan fingerprint density at radius 2 is 1.64 bits per heavy atom. The molecule has 0 radical (unpaired) electrons. The maximum Gasteiger partial charge on any atom is 0.408 e. The molecule has 3 N–H and O–H groups in total. The summed E-state index contributed by atoms with van der Waals surface area (Å²) < 4.78 is 5.47. The third-order valence-electron chi connectivity index (χ3n) is 7.03. The van der Waals surface area contributed by atoms with Crippen molar-refractivity contribution in [3.05, 3.63) is 114 Å². The summed E-state index contributed by atoms with van der Waals surface area (Å²) in [6.07, 6.45) is 1.04. The minimum atomic E-state index is -1.06. The number of ether oxygens (including phenoxy) is 1. The van der Waals surface area contributed by atoms with Crippen molar-refractivity contribution in [2.75, 3.05) is 11.9 Å². The van der Waals surface area contributed by atoms with E-state index in [0.717, 1.165) is 16.3 Å². The van der Waals surface area contributed by atoms with Crippen LogP contribution in [0, 0.1) is 0 Å². The zero-order chi connectivity index (χ0) is 31.9. The third kappa shape index (κ3) is 8.25. The molecule has 0 fully saturated rings. The van der Waals surface area contributed by atoms with Gasteiger partial charge in [0, 0.05) is 18.7 Å². The lowest BCUT2D eigenvalue weighted by molar-refractivity contribution is -0.140. The fourth-order valence-corrected chi connectivity index (χ4v) is 4.99. The van der Waals surface area contributed by atoms with Crippen LogP contribution in [0.2, 0.25) is 0 Å². The van der Waals surface area contributed by atoms with Crippen molar-refractivity contribution in [3.8, 4) is 5.75 Å². The molecular formula is C36H39N3O5. The van der Waals surface area contributed by atoms with E-state index in [1.54, 1.807) is 52.0 Å². The van der Waals surface area contributed by atoms with Gasteiger partial charge >= 0.3 is 6.09 Å². The maximum atomic E-state index is 14.4. The van der Waals surface area contributed by atoms with Gasteiger partial charge < -0.3 is 25.4 Å². The summed E-state index contributed by atoms with van der Waals surface area (Å²) in [4.78, 5) is 42.8. The van der Waals surface area contributed by atoms with Crippen molar-refractivity contribution in [3.63, 3.8) is 0 Å². The number of anilines is 1. The molecule has 8 heteroatoms. The van der Waals surface area contributed by atoms with Crippen molar-refractivity contribution < 1.29 is 24.2 Å². The molecule has 0 bridgehead atoms. The summed E-state index contributed by atoms with van der Waals surface area (Å²) in [5.74, 6) is -0.786. The molecule has 8 nitrogen and oxygen atoms in total.